The molecule has 0 amide bonds. The topological polar surface area (TPSA) is 116 Å². The van der Waals surface area contributed by atoms with Gasteiger partial charge in [0.2, 0.25) is 0 Å². The van der Waals surface area contributed by atoms with Gasteiger partial charge in [-0.2, -0.15) is 0 Å². The van der Waals surface area contributed by atoms with Crippen LogP contribution in [0.4, 0.5) is 0 Å². The average Bonchev–Trinajstić information content (AvgIpc) is 3.00. The van der Waals surface area contributed by atoms with E-state index in [1.165, 1.54) is 10.8 Å². The summed E-state index contributed by atoms with van der Waals surface area (Å²) in [6.07, 6.45) is 9.19. The zero-order valence-corrected chi connectivity index (χ0v) is 14.3. The van der Waals surface area contributed by atoms with E-state index in [1.807, 2.05) is 0 Å². The zero-order chi connectivity index (χ0) is 18.8. The Morgan fingerprint density at radius 2 is 2.24 bits per heavy atom. The number of carbonyl (C=O) groups is 1. The summed E-state index contributed by atoms with van der Waals surface area (Å²) in [5, 5.41) is 0. The quantitative estimate of drug-likeness (QED) is 0.434. The van der Waals surface area contributed by atoms with E-state index in [0.717, 1.165) is 0 Å². The monoisotopic (exact) mass is 347 g/mol. The molecular formula is C17H21N3O5. The van der Waals surface area contributed by atoms with Crippen molar-refractivity contribution < 1.29 is 14.3 Å². The molecule has 0 aromatic carbocycles. The van der Waals surface area contributed by atoms with Crippen molar-refractivity contribution in [2.24, 2.45) is 11.7 Å². The molecule has 25 heavy (non-hydrogen) atoms. The third-order valence-electron chi connectivity index (χ3n) is 3.94. The highest BCUT2D eigenvalue weighted by molar-refractivity contribution is 5.75. The van der Waals surface area contributed by atoms with Crippen LogP contribution in [0.1, 0.15) is 25.6 Å². The number of ether oxygens (including phenoxy) is 2. The Morgan fingerprint density at radius 3 is 2.84 bits per heavy atom. The molecule has 0 bridgehead atoms. The van der Waals surface area contributed by atoms with Gasteiger partial charge in [0.25, 0.3) is 5.56 Å². The van der Waals surface area contributed by atoms with Gasteiger partial charge in [0.05, 0.1) is 0 Å². The summed E-state index contributed by atoms with van der Waals surface area (Å²) >= 11 is 0. The molecule has 2 heterocycles. The average molecular weight is 347 g/mol. The summed E-state index contributed by atoms with van der Waals surface area (Å²) in [4.78, 5) is 37.5. The molecule has 0 saturated carbocycles. The third kappa shape index (κ3) is 3.90. The number of esters is 1. The highest BCUT2D eigenvalue weighted by Gasteiger charge is 2.37. The maximum atomic E-state index is 11.9. The molecule has 0 unspecified atom stereocenters. The number of carbonyl (C=O) groups excluding carboxylic acids is 1. The minimum absolute atomic E-state index is 0.0789. The predicted molar refractivity (Wildman–Crippen MR) is 90.7 cm³/mol. The molecule has 1 aliphatic rings. The maximum Gasteiger partial charge on any atom is 0.330 e. The van der Waals surface area contributed by atoms with Crippen LogP contribution in [0.3, 0.4) is 0 Å². The molecule has 0 aliphatic carbocycles. The van der Waals surface area contributed by atoms with E-state index in [9.17, 15) is 14.4 Å². The number of nitrogens with zero attached hydrogens (tertiary/aromatic N) is 1. The number of nitrogens with one attached hydrogen (secondary N) is 1. The fraction of sp³-hybridized carbons (Fsp3) is 0.471. The SMILES string of the molecule is C#C[C@@]1(COC(=O)[C@@H](N)C(C)C)C=C[C@H](n2cc(C)c(=O)[nH]c2=O)O1. The first kappa shape index (κ1) is 18.7. The van der Waals surface area contributed by atoms with Crippen molar-refractivity contribution in [3.63, 3.8) is 0 Å². The van der Waals surface area contributed by atoms with Crippen molar-refractivity contribution in [2.45, 2.75) is 38.6 Å². The second-order valence-electron chi connectivity index (χ2n) is 6.26. The van der Waals surface area contributed by atoms with Crippen molar-refractivity contribution in [1.82, 2.24) is 9.55 Å². The second-order valence-corrected chi connectivity index (χ2v) is 6.26. The first-order valence-electron chi connectivity index (χ1n) is 7.78. The second kappa shape index (κ2) is 7.09. The van der Waals surface area contributed by atoms with Gasteiger partial charge in [-0.15, -0.1) is 6.42 Å². The lowest BCUT2D eigenvalue weighted by atomic mass is 10.1. The van der Waals surface area contributed by atoms with E-state index >= 15 is 0 Å². The molecule has 1 aromatic rings. The summed E-state index contributed by atoms with van der Waals surface area (Å²) in [7, 11) is 0. The maximum absolute atomic E-state index is 11.9. The highest BCUT2D eigenvalue weighted by Crippen LogP contribution is 2.29. The minimum Gasteiger partial charge on any atom is -0.460 e. The molecule has 3 atom stereocenters. The van der Waals surface area contributed by atoms with E-state index in [1.54, 1.807) is 32.9 Å². The molecule has 2 rings (SSSR count). The van der Waals surface area contributed by atoms with Gasteiger partial charge >= 0.3 is 11.7 Å². The van der Waals surface area contributed by atoms with Gasteiger partial charge in [-0.25, -0.2) is 4.79 Å². The Morgan fingerprint density at radius 1 is 1.56 bits per heavy atom. The van der Waals surface area contributed by atoms with Crippen LogP contribution in [-0.4, -0.2) is 33.8 Å². The van der Waals surface area contributed by atoms with Gasteiger partial charge in [-0.3, -0.25) is 19.1 Å². The molecule has 8 heteroatoms. The Bertz CT molecular complexity index is 845. The Labute approximate surface area is 144 Å². The first-order chi connectivity index (χ1) is 11.7. The van der Waals surface area contributed by atoms with Crippen molar-refractivity contribution in [3.8, 4) is 12.3 Å². The number of nitrogens with two attached hydrogens (primary N) is 1. The summed E-state index contributed by atoms with van der Waals surface area (Å²) in [6, 6.07) is -0.763. The van der Waals surface area contributed by atoms with Crippen LogP contribution in [0.25, 0.3) is 0 Å². The molecule has 1 aromatic heterocycles. The van der Waals surface area contributed by atoms with Crippen LogP contribution in [0.15, 0.2) is 27.9 Å². The van der Waals surface area contributed by atoms with E-state index in [0.29, 0.717) is 5.56 Å². The summed E-state index contributed by atoms with van der Waals surface area (Å²) in [5.41, 5.74) is 3.68. The van der Waals surface area contributed by atoms with Crippen LogP contribution < -0.4 is 17.0 Å². The van der Waals surface area contributed by atoms with Crippen molar-refractivity contribution in [3.05, 3.63) is 44.8 Å². The van der Waals surface area contributed by atoms with Crippen molar-refractivity contribution in [2.75, 3.05) is 6.61 Å². The van der Waals surface area contributed by atoms with E-state index in [-0.39, 0.29) is 12.5 Å². The van der Waals surface area contributed by atoms with Gasteiger partial charge in [-0.05, 0) is 25.0 Å². The third-order valence-corrected chi connectivity index (χ3v) is 3.94. The molecule has 0 saturated heterocycles. The normalized spacial score (nSPS) is 23.4. The number of aromatic nitrogens is 2. The van der Waals surface area contributed by atoms with Crippen LogP contribution >= 0.6 is 0 Å². The largest absolute Gasteiger partial charge is 0.460 e. The smallest absolute Gasteiger partial charge is 0.330 e. The molecule has 1 aliphatic heterocycles. The highest BCUT2D eigenvalue weighted by atomic mass is 16.6. The Kier molecular flexibility index (Phi) is 5.30. The van der Waals surface area contributed by atoms with Crippen molar-refractivity contribution >= 4 is 5.97 Å². The van der Waals surface area contributed by atoms with Crippen LogP contribution in [-0.2, 0) is 14.3 Å². The molecular weight excluding hydrogens is 326 g/mol. The number of hydrogen-bond acceptors (Lipinski definition) is 6. The fourth-order valence-corrected chi connectivity index (χ4v) is 2.21. The van der Waals surface area contributed by atoms with Crippen LogP contribution in [0.2, 0.25) is 0 Å². The summed E-state index contributed by atoms with van der Waals surface area (Å²) in [5.74, 6) is 1.77. The van der Waals surface area contributed by atoms with Gasteiger partial charge in [0, 0.05) is 11.8 Å². The lowest BCUT2D eigenvalue weighted by molar-refractivity contribution is -0.153. The number of aryl methyl sites for hydroxylation is 1. The predicted octanol–water partition coefficient (Wildman–Crippen LogP) is -0.171. The van der Waals surface area contributed by atoms with Gasteiger partial charge < -0.3 is 15.2 Å². The first-order valence-corrected chi connectivity index (χ1v) is 7.78. The Balaban J connectivity index is 2.14. The van der Waals surface area contributed by atoms with E-state index in [2.05, 4.69) is 10.9 Å². The summed E-state index contributed by atoms with van der Waals surface area (Å²) < 4.78 is 12.1. The zero-order valence-electron chi connectivity index (χ0n) is 14.3. The van der Waals surface area contributed by atoms with E-state index in [4.69, 9.17) is 21.6 Å². The lowest BCUT2D eigenvalue weighted by Gasteiger charge is -2.25. The number of aromatic amines is 1. The number of rotatable bonds is 5. The molecule has 134 valence electrons. The molecule has 3 N–H and O–H groups in total. The molecule has 8 nitrogen and oxygen atoms in total. The van der Waals surface area contributed by atoms with E-state index < -0.39 is 35.1 Å². The standard InChI is InChI=1S/C17H21N3O5/c1-5-17(9-24-15(22)13(18)10(2)3)7-6-12(25-17)20-8-11(4)14(21)19-16(20)23/h1,6-8,10,12-13H,9,18H2,2-4H3,(H,19,21,23)/t12-,13+,17+/m1/s1. The lowest BCUT2D eigenvalue weighted by Crippen LogP contribution is -2.41. The van der Waals surface area contributed by atoms with Gasteiger partial charge in [0.15, 0.2) is 11.8 Å². The van der Waals surface area contributed by atoms with Crippen LogP contribution in [0, 0.1) is 25.2 Å². The Hall–Kier alpha value is -2.63. The summed E-state index contributed by atoms with van der Waals surface area (Å²) in [6.45, 7) is 4.94. The van der Waals surface area contributed by atoms with Gasteiger partial charge in [0.1, 0.15) is 12.6 Å². The molecule has 0 fully saturated rings. The van der Waals surface area contributed by atoms with Crippen LogP contribution in [0.5, 0.6) is 0 Å². The number of hydrogen-bond donors (Lipinski definition) is 2. The van der Waals surface area contributed by atoms with Crippen molar-refractivity contribution in [1.29, 1.82) is 0 Å². The number of terminal acetylenes is 1. The number of H-pyrrole nitrogens is 1. The molecule has 0 radical (unpaired) electrons. The molecule has 0 spiro atoms. The minimum atomic E-state index is -1.31. The fourth-order valence-electron chi connectivity index (χ4n) is 2.21. The van der Waals surface area contributed by atoms with Gasteiger partial charge in [-0.1, -0.05) is 19.8 Å².